The number of rotatable bonds is 6. The third kappa shape index (κ3) is 5.32. The Morgan fingerprint density at radius 3 is 2.48 bits per heavy atom. The van der Waals surface area contributed by atoms with Crippen molar-refractivity contribution in [3.8, 4) is 0 Å². The van der Waals surface area contributed by atoms with E-state index in [1.807, 2.05) is 0 Å². The van der Waals surface area contributed by atoms with Gasteiger partial charge in [0, 0.05) is 44.2 Å². The molecule has 0 unspecified atom stereocenters. The van der Waals surface area contributed by atoms with E-state index in [1.165, 1.54) is 16.4 Å². The molecule has 0 saturated carbocycles. The van der Waals surface area contributed by atoms with E-state index in [0.717, 1.165) is 0 Å². The number of halogens is 1. The van der Waals surface area contributed by atoms with Crippen molar-refractivity contribution in [3.63, 3.8) is 0 Å². The minimum absolute atomic E-state index is 0.0638. The van der Waals surface area contributed by atoms with Crippen LogP contribution < -0.4 is 11.1 Å². The molecule has 8 nitrogen and oxygen atoms in total. The second-order valence-corrected chi connectivity index (χ2v) is 8.01. The predicted molar refractivity (Wildman–Crippen MR) is 93.6 cm³/mol. The highest BCUT2D eigenvalue weighted by Gasteiger charge is 2.29. The van der Waals surface area contributed by atoms with Crippen molar-refractivity contribution in [1.82, 2.24) is 14.5 Å². The standard InChI is InChI=1S/C15H21ClN4O4S/c16-12-3-1-4-13(11-12)25(23,24)20-9-7-19(8-10-20)14(21)5-2-6-18-15(17)22/h1,3-4,11H,2,5-10H2,(H3,17,18,22). The normalized spacial score (nSPS) is 15.8. The van der Waals surface area contributed by atoms with Gasteiger partial charge >= 0.3 is 6.03 Å². The fraction of sp³-hybridized carbons (Fsp3) is 0.467. The van der Waals surface area contributed by atoms with Crippen molar-refractivity contribution >= 4 is 33.6 Å². The maximum absolute atomic E-state index is 12.6. The number of carbonyl (C=O) groups excluding carboxylic acids is 2. The number of sulfonamides is 1. The molecule has 2 rings (SSSR count). The maximum atomic E-state index is 12.6. The zero-order valence-corrected chi connectivity index (χ0v) is 15.2. The van der Waals surface area contributed by atoms with Crippen molar-refractivity contribution in [3.05, 3.63) is 29.3 Å². The van der Waals surface area contributed by atoms with Crippen LogP contribution >= 0.6 is 11.6 Å². The van der Waals surface area contributed by atoms with Gasteiger partial charge in [0.15, 0.2) is 0 Å². The number of primary amides is 1. The molecule has 1 heterocycles. The van der Waals surface area contributed by atoms with Crippen LogP contribution in [0, 0.1) is 0 Å². The second kappa shape index (κ2) is 8.50. The molecule has 25 heavy (non-hydrogen) atoms. The summed E-state index contributed by atoms with van der Waals surface area (Å²) in [5.74, 6) is -0.0638. The number of carbonyl (C=O) groups is 2. The quantitative estimate of drug-likeness (QED) is 0.695. The van der Waals surface area contributed by atoms with E-state index >= 15 is 0 Å². The Morgan fingerprint density at radius 2 is 1.88 bits per heavy atom. The van der Waals surface area contributed by atoms with Gasteiger partial charge in [-0.3, -0.25) is 4.79 Å². The van der Waals surface area contributed by atoms with Crippen LogP contribution in [0.1, 0.15) is 12.8 Å². The summed E-state index contributed by atoms with van der Waals surface area (Å²) in [6, 6.07) is 5.51. The molecule has 10 heteroatoms. The molecular formula is C15H21ClN4O4S. The lowest BCUT2D eigenvalue weighted by Crippen LogP contribution is -2.50. The van der Waals surface area contributed by atoms with Crippen LogP contribution in [0.25, 0.3) is 0 Å². The van der Waals surface area contributed by atoms with Gasteiger partial charge in [-0.15, -0.1) is 0 Å². The Kier molecular flexibility index (Phi) is 6.63. The maximum Gasteiger partial charge on any atom is 0.312 e. The third-order valence-corrected chi connectivity index (χ3v) is 6.02. The minimum Gasteiger partial charge on any atom is -0.352 e. The van der Waals surface area contributed by atoms with Crippen molar-refractivity contribution in [2.45, 2.75) is 17.7 Å². The molecule has 1 saturated heterocycles. The molecule has 0 atom stereocenters. The number of nitrogens with zero attached hydrogens (tertiary/aromatic N) is 2. The molecule has 0 aromatic heterocycles. The number of piperazine rings is 1. The van der Waals surface area contributed by atoms with E-state index < -0.39 is 16.1 Å². The zero-order valence-electron chi connectivity index (χ0n) is 13.7. The average Bonchev–Trinajstić information content (AvgIpc) is 2.58. The molecule has 0 aliphatic carbocycles. The Hall–Kier alpha value is -1.84. The number of nitrogens with one attached hydrogen (secondary N) is 1. The van der Waals surface area contributed by atoms with Crippen molar-refractivity contribution in [2.75, 3.05) is 32.7 Å². The molecule has 0 bridgehead atoms. The number of benzene rings is 1. The Balaban J connectivity index is 1.86. The average molecular weight is 389 g/mol. The summed E-state index contributed by atoms with van der Waals surface area (Å²) < 4.78 is 26.6. The molecule has 3 amide bonds. The van der Waals surface area contributed by atoms with Crippen LogP contribution in [0.2, 0.25) is 5.02 Å². The first-order chi connectivity index (χ1) is 11.8. The Bertz CT molecular complexity index is 733. The highest BCUT2D eigenvalue weighted by molar-refractivity contribution is 7.89. The summed E-state index contributed by atoms with van der Waals surface area (Å²) in [6.07, 6.45) is 0.768. The number of urea groups is 1. The lowest BCUT2D eigenvalue weighted by Gasteiger charge is -2.34. The topological polar surface area (TPSA) is 113 Å². The van der Waals surface area contributed by atoms with Gasteiger partial charge in [0.25, 0.3) is 0 Å². The van der Waals surface area contributed by atoms with Gasteiger partial charge in [-0.05, 0) is 24.6 Å². The van der Waals surface area contributed by atoms with Gasteiger partial charge in [0.1, 0.15) is 0 Å². The summed E-state index contributed by atoms with van der Waals surface area (Å²) >= 11 is 5.86. The number of nitrogens with two attached hydrogens (primary N) is 1. The van der Waals surface area contributed by atoms with Gasteiger partial charge in [0.05, 0.1) is 4.90 Å². The van der Waals surface area contributed by atoms with Crippen LogP contribution in [0.15, 0.2) is 29.2 Å². The van der Waals surface area contributed by atoms with Gasteiger partial charge in [-0.2, -0.15) is 4.31 Å². The Morgan fingerprint density at radius 1 is 1.20 bits per heavy atom. The summed E-state index contributed by atoms with van der Waals surface area (Å²) in [5, 5.41) is 2.78. The molecule has 1 aromatic rings. The highest BCUT2D eigenvalue weighted by atomic mass is 35.5. The largest absolute Gasteiger partial charge is 0.352 e. The monoisotopic (exact) mass is 388 g/mol. The van der Waals surface area contributed by atoms with E-state index in [-0.39, 0.29) is 30.3 Å². The van der Waals surface area contributed by atoms with Crippen LogP contribution in [-0.2, 0) is 14.8 Å². The first-order valence-electron chi connectivity index (χ1n) is 7.87. The van der Waals surface area contributed by atoms with Gasteiger partial charge in [-0.1, -0.05) is 17.7 Å². The van der Waals surface area contributed by atoms with Crippen LogP contribution in [0.5, 0.6) is 0 Å². The molecule has 3 N–H and O–H groups in total. The van der Waals surface area contributed by atoms with Crippen LogP contribution in [0.4, 0.5) is 4.79 Å². The van der Waals surface area contributed by atoms with Crippen molar-refractivity contribution in [1.29, 1.82) is 0 Å². The summed E-state index contributed by atoms with van der Waals surface area (Å²) in [6.45, 7) is 1.48. The zero-order chi connectivity index (χ0) is 18.4. The van der Waals surface area contributed by atoms with Gasteiger partial charge in [0.2, 0.25) is 15.9 Å². The van der Waals surface area contributed by atoms with Crippen LogP contribution in [0.3, 0.4) is 0 Å². The molecular weight excluding hydrogens is 368 g/mol. The van der Waals surface area contributed by atoms with E-state index in [9.17, 15) is 18.0 Å². The van der Waals surface area contributed by atoms with Crippen molar-refractivity contribution in [2.24, 2.45) is 5.73 Å². The Labute approximate surface area is 152 Å². The van der Waals surface area contributed by atoms with Crippen LogP contribution in [-0.4, -0.2) is 62.3 Å². The lowest BCUT2D eigenvalue weighted by atomic mass is 10.2. The smallest absolute Gasteiger partial charge is 0.312 e. The molecule has 0 spiro atoms. The van der Waals surface area contributed by atoms with E-state index in [0.29, 0.717) is 31.1 Å². The minimum atomic E-state index is -3.61. The molecule has 1 aliphatic heterocycles. The summed E-state index contributed by atoms with van der Waals surface area (Å²) in [7, 11) is -3.61. The third-order valence-electron chi connectivity index (χ3n) is 3.89. The number of hydrogen-bond acceptors (Lipinski definition) is 4. The molecule has 0 radical (unpaired) electrons. The number of hydrogen-bond donors (Lipinski definition) is 2. The molecule has 138 valence electrons. The predicted octanol–water partition coefficient (Wildman–Crippen LogP) is 0.621. The fourth-order valence-electron chi connectivity index (χ4n) is 2.56. The SMILES string of the molecule is NC(=O)NCCCC(=O)N1CCN(S(=O)(=O)c2cccc(Cl)c2)CC1. The van der Waals surface area contributed by atoms with E-state index in [2.05, 4.69) is 5.32 Å². The molecule has 1 aromatic carbocycles. The first-order valence-corrected chi connectivity index (χ1v) is 9.69. The summed E-state index contributed by atoms with van der Waals surface area (Å²) in [4.78, 5) is 24.5. The number of amides is 3. The van der Waals surface area contributed by atoms with Gasteiger partial charge < -0.3 is 16.0 Å². The van der Waals surface area contributed by atoms with E-state index in [1.54, 1.807) is 17.0 Å². The van der Waals surface area contributed by atoms with Crippen molar-refractivity contribution < 1.29 is 18.0 Å². The second-order valence-electron chi connectivity index (χ2n) is 5.64. The molecule has 1 fully saturated rings. The van der Waals surface area contributed by atoms with E-state index in [4.69, 9.17) is 17.3 Å². The summed E-state index contributed by atoms with van der Waals surface area (Å²) in [5.41, 5.74) is 4.95. The fourth-order valence-corrected chi connectivity index (χ4v) is 4.29. The molecule has 1 aliphatic rings. The lowest BCUT2D eigenvalue weighted by molar-refractivity contribution is -0.132. The highest BCUT2D eigenvalue weighted by Crippen LogP contribution is 2.21. The van der Waals surface area contributed by atoms with Gasteiger partial charge in [-0.25, -0.2) is 13.2 Å². The first kappa shape index (κ1) is 19.5.